The summed E-state index contributed by atoms with van der Waals surface area (Å²) >= 11 is 0. The molecule has 2 heterocycles. The zero-order valence-electron chi connectivity index (χ0n) is 10.8. The Labute approximate surface area is 106 Å². The van der Waals surface area contributed by atoms with Crippen LogP contribution in [0.15, 0.2) is 0 Å². The van der Waals surface area contributed by atoms with Gasteiger partial charge in [-0.1, -0.05) is 13.8 Å². The van der Waals surface area contributed by atoms with Crippen LogP contribution in [-0.4, -0.2) is 53.3 Å². The first-order chi connectivity index (χ1) is 8.58. The van der Waals surface area contributed by atoms with E-state index in [9.17, 15) is 14.4 Å². The Balaban J connectivity index is 1.89. The lowest BCUT2D eigenvalue weighted by molar-refractivity contribution is -0.145. The number of urea groups is 1. The van der Waals surface area contributed by atoms with Gasteiger partial charge in [-0.2, -0.15) is 0 Å². The molecule has 2 saturated heterocycles. The van der Waals surface area contributed by atoms with Crippen molar-refractivity contribution in [2.45, 2.75) is 32.7 Å². The van der Waals surface area contributed by atoms with E-state index in [1.165, 1.54) is 4.90 Å². The summed E-state index contributed by atoms with van der Waals surface area (Å²) in [5, 5.41) is 2.49. The number of nitrogens with one attached hydrogen (secondary N) is 1. The summed E-state index contributed by atoms with van der Waals surface area (Å²) in [6.07, 6.45) is 1.67. The van der Waals surface area contributed by atoms with E-state index in [1.807, 2.05) is 13.8 Å². The molecule has 0 bridgehead atoms. The molecule has 0 saturated carbocycles. The summed E-state index contributed by atoms with van der Waals surface area (Å²) in [5.74, 6) is 0.0111. The molecule has 6 nitrogen and oxygen atoms in total. The molecule has 2 rings (SSSR count). The van der Waals surface area contributed by atoms with E-state index in [2.05, 4.69) is 5.32 Å². The number of amides is 4. The smallest absolute Gasteiger partial charge is 0.324 e. The highest BCUT2D eigenvalue weighted by molar-refractivity contribution is 6.02. The fraction of sp³-hybridized carbons (Fsp3) is 0.750. The lowest BCUT2D eigenvalue weighted by Crippen LogP contribution is -2.63. The average molecular weight is 253 g/mol. The van der Waals surface area contributed by atoms with Gasteiger partial charge in [0.15, 0.2) is 0 Å². The molecular formula is C12H19N3O3. The third kappa shape index (κ3) is 2.07. The Kier molecular flexibility index (Phi) is 3.54. The van der Waals surface area contributed by atoms with Crippen LogP contribution in [0.1, 0.15) is 26.7 Å². The second-order valence-electron chi connectivity index (χ2n) is 4.83. The molecule has 6 heteroatoms. The molecule has 4 amide bonds. The van der Waals surface area contributed by atoms with E-state index in [0.29, 0.717) is 13.1 Å². The fourth-order valence-electron chi connectivity index (χ4n) is 2.50. The van der Waals surface area contributed by atoms with Crippen molar-refractivity contribution in [2.75, 3.05) is 19.6 Å². The monoisotopic (exact) mass is 253 g/mol. The van der Waals surface area contributed by atoms with Gasteiger partial charge in [0.25, 0.3) is 0 Å². The lowest BCUT2D eigenvalue weighted by atomic mass is 9.98. The lowest BCUT2D eigenvalue weighted by Gasteiger charge is -2.43. The van der Waals surface area contributed by atoms with Gasteiger partial charge >= 0.3 is 6.03 Å². The Bertz CT molecular complexity index is 357. The first-order valence-corrected chi connectivity index (χ1v) is 6.47. The van der Waals surface area contributed by atoms with Crippen molar-refractivity contribution in [1.29, 1.82) is 0 Å². The van der Waals surface area contributed by atoms with E-state index in [0.717, 1.165) is 12.8 Å². The molecule has 18 heavy (non-hydrogen) atoms. The zero-order valence-corrected chi connectivity index (χ0v) is 10.8. The Hall–Kier alpha value is -1.59. The van der Waals surface area contributed by atoms with Crippen LogP contribution in [-0.2, 0) is 9.59 Å². The van der Waals surface area contributed by atoms with Crippen molar-refractivity contribution in [3.63, 3.8) is 0 Å². The summed E-state index contributed by atoms with van der Waals surface area (Å²) in [7, 11) is 0. The number of rotatable bonds is 4. The molecule has 1 N–H and O–H groups in total. The molecular weight excluding hydrogens is 234 g/mol. The third-order valence-corrected chi connectivity index (χ3v) is 3.75. The number of imide groups is 1. The van der Waals surface area contributed by atoms with Crippen LogP contribution in [0, 0.1) is 5.92 Å². The minimum absolute atomic E-state index is 0.0639. The topological polar surface area (TPSA) is 69.7 Å². The van der Waals surface area contributed by atoms with Crippen LogP contribution in [0.4, 0.5) is 4.79 Å². The minimum atomic E-state index is -0.334. The number of carbonyl (C=O) groups excluding carboxylic acids is 3. The van der Waals surface area contributed by atoms with Gasteiger partial charge in [0.2, 0.25) is 11.8 Å². The Morgan fingerprint density at radius 2 is 1.94 bits per heavy atom. The molecule has 0 aliphatic carbocycles. The van der Waals surface area contributed by atoms with Crippen LogP contribution < -0.4 is 5.32 Å². The maximum atomic E-state index is 12.0. The fourth-order valence-corrected chi connectivity index (χ4v) is 2.50. The van der Waals surface area contributed by atoms with Crippen molar-refractivity contribution in [3.05, 3.63) is 0 Å². The van der Waals surface area contributed by atoms with Gasteiger partial charge in [-0.05, 0) is 12.8 Å². The summed E-state index contributed by atoms with van der Waals surface area (Å²) in [6.45, 7) is 5.04. The molecule has 0 spiro atoms. The second kappa shape index (κ2) is 4.96. The predicted molar refractivity (Wildman–Crippen MR) is 64.7 cm³/mol. The minimum Gasteiger partial charge on any atom is -0.338 e. The Morgan fingerprint density at radius 3 is 2.39 bits per heavy atom. The molecule has 0 aromatic heterocycles. The van der Waals surface area contributed by atoms with E-state index >= 15 is 0 Å². The molecule has 0 aromatic rings. The summed E-state index contributed by atoms with van der Waals surface area (Å²) < 4.78 is 0. The van der Waals surface area contributed by atoms with Gasteiger partial charge < -0.3 is 10.2 Å². The molecule has 0 aromatic carbocycles. The highest BCUT2D eigenvalue weighted by Crippen LogP contribution is 2.22. The van der Waals surface area contributed by atoms with Crippen LogP contribution in [0.3, 0.4) is 0 Å². The van der Waals surface area contributed by atoms with Crippen molar-refractivity contribution in [2.24, 2.45) is 5.92 Å². The first-order valence-electron chi connectivity index (χ1n) is 6.47. The van der Waals surface area contributed by atoms with Gasteiger partial charge in [-0.15, -0.1) is 0 Å². The van der Waals surface area contributed by atoms with Gasteiger partial charge in [0.05, 0.1) is 12.6 Å². The van der Waals surface area contributed by atoms with Crippen LogP contribution >= 0.6 is 0 Å². The van der Waals surface area contributed by atoms with Crippen molar-refractivity contribution < 1.29 is 14.4 Å². The van der Waals surface area contributed by atoms with Gasteiger partial charge in [0.1, 0.15) is 0 Å². The van der Waals surface area contributed by atoms with E-state index < -0.39 is 0 Å². The molecule has 2 fully saturated rings. The molecule has 0 atom stereocenters. The van der Waals surface area contributed by atoms with Crippen LogP contribution in [0.2, 0.25) is 0 Å². The van der Waals surface area contributed by atoms with E-state index in [1.54, 1.807) is 4.90 Å². The SMILES string of the molecule is CCC(CC)C(=O)N1CC(N2C(=O)CNC2=O)C1. The van der Waals surface area contributed by atoms with E-state index in [-0.39, 0.29) is 36.3 Å². The van der Waals surface area contributed by atoms with Crippen LogP contribution in [0.5, 0.6) is 0 Å². The number of nitrogens with zero attached hydrogens (tertiary/aromatic N) is 2. The molecule has 100 valence electrons. The number of hydrogen-bond donors (Lipinski definition) is 1. The maximum absolute atomic E-state index is 12.0. The standard InChI is InChI=1S/C12H19N3O3/c1-3-8(4-2)11(17)14-6-9(7-14)15-10(16)5-13-12(15)18/h8-9H,3-7H2,1-2H3,(H,13,18). The van der Waals surface area contributed by atoms with Gasteiger partial charge in [-0.3, -0.25) is 14.5 Å². The highest BCUT2D eigenvalue weighted by atomic mass is 16.2. The predicted octanol–water partition coefficient (Wildman–Crippen LogP) is 0.185. The molecule has 2 aliphatic heterocycles. The number of likely N-dealkylation sites (tertiary alicyclic amines) is 1. The van der Waals surface area contributed by atoms with Crippen molar-refractivity contribution in [3.8, 4) is 0 Å². The summed E-state index contributed by atoms with van der Waals surface area (Å²) in [5.41, 5.74) is 0. The van der Waals surface area contributed by atoms with Crippen molar-refractivity contribution >= 4 is 17.8 Å². The van der Waals surface area contributed by atoms with Gasteiger partial charge in [0, 0.05) is 19.0 Å². The highest BCUT2D eigenvalue weighted by Gasteiger charge is 2.43. The molecule has 2 aliphatic rings. The van der Waals surface area contributed by atoms with Gasteiger partial charge in [-0.25, -0.2) is 4.79 Å². The van der Waals surface area contributed by atoms with E-state index in [4.69, 9.17) is 0 Å². The second-order valence-corrected chi connectivity index (χ2v) is 4.83. The Morgan fingerprint density at radius 1 is 1.33 bits per heavy atom. The normalized spacial score (nSPS) is 20.4. The third-order valence-electron chi connectivity index (χ3n) is 3.75. The maximum Gasteiger partial charge on any atom is 0.324 e. The quantitative estimate of drug-likeness (QED) is 0.727. The average Bonchev–Trinajstić information content (AvgIpc) is 2.60. The summed E-state index contributed by atoms with van der Waals surface area (Å²) in [6, 6.07) is -0.474. The van der Waals surface area contributed by atoms with Crippen molar-refractivity contribution in [1.82, 2.24) is 15.1 Å². The summed E-state index contributed by atoms with van der Waals surface area (Å²) in [4.78, 5) is 37.9. The molecule has 0 radical (unpaired) electrons. The first kappa shape index (κ1) is 12.9. The zero-order chi connectivity index (χ0) is 13.3. The number of carbonyl (C=O) groups is 3. The number of hydrogen-bond acceptors (Lipinski definition) is 3. The largest absolute Gasteiger partial charge is 0.338 e. The molecule has 0 unspecified atom stereocenters. The van der Waals surface area contributed by atoms with Crippen LogP contribution in [0.25, 0.3) is 0 Å².